The van der Waals surface area contributed by atoms with E-state index in [9.17, 15) is 4.79 Å². The van der Waals surface area contributed by atoms with Gasteiger partial charge in [0.1, 0.15) is 5.69 Å². The molecular formula is C23H21Cl3N4O2. The molecule has 2 aromatic carbocycles. The molecule has 1 atom stereocenters. The van der Waals surface area contributed by atoms with Gasteiger partial charge in [-0.2, -0.15) is 5.10 Å². The minimum absolute atomic E-state index is 0.0861. The predicted molar refractivity (Wildman–Crippen MR) is 126 cm³/mol. The van der Waals surface area contributed by atoms with Gasteiger partial charge in [-0.15, -0.1) is 0 Å². The summed E-state index contributed by atoms with van der Waals surface area (Å²) in [5, 5.41) is 9.16. The van der Waals surface area contributed by atoms with Crippen LogP contribution >= 0.6 is 34.8 Å². The average Bonchev–Trinajstić information content (AvgIpc) is 3.33. The molecule has 1 saturated heterocycles. The Kier molecular flexibility index (Phi) is 6.14. The Morgan fingerprint density at radius 3 is 2.44 bits per heavy atom. The number of hydrogen-bond donors (Lipinski definition) is 1. The van der Waals surface area contributed by atoms with Crippen molar-refractivity contribution in [1.29, 1.82) is 0 Å². The molecule has 2 aliphatic heterocycles. The Hall–Kier alpha value is -2.09. The van der Waals surface area contributed by atoms with Gasteiger partial charge >= 0.3 is 0 Å². The van der Waals surface area contributed by atoms with Crippen LogP contribution in [0, 0.1) is 0 Å². The van der Waals surface area contributed by atoms with Gasteiger partial charge in [0.25, 0.3) is 5.91 Å². The Labute approximate surface area is 201 Å². The van der Waals surface area contributed by atoms with Crippen molar-refractivity contribution in [3.05, 3.63) is 74.4 Å². The van der Waals surface area contributed by atoms with Gasteiger partial charge in [-0.25, -0.2) is 0 Å². The first-order valence-electron chi connectivity index (χ1n) is 10.4. The number of fused-ring (bicyclic) bond motifs is 1. The molecule has 3 heterocycles. The second-order valence-electron chi connectivity index (χ2n) is 7.89. The molecule has 1 unspecified atom stereocenters. The third-order valence-electron chi connectivity index (χ3n) is 6.00. The molecule has 166 valence electrons. The first kappa shape index (κ1) is 21.7. The minimum atomic E-state index is -0.368. The monoisotopic (exact) mass is 490 g/mol. The summed E-state index contributed by atoms with van der Waals surface area (Å²) >= 11 is 18.9. The Balaban J connectivity index is 1.56. The number of aromatic amines is 1. The number of carbonyl (C=O) groups excluding carboxylic acids is 1. The third kappa shape index (κ3) is 4.02. The number of nitrogens with one attached hydrogen (secondary N) is 1. The van der Waals surface area contributed by atoms with Crippen LogP contribution in [-0.2, 0) is 4.74 Å². The highest BCUT2D eigenvalue weighted by Crippen LogP contribution is 2.45. The van der Waals surface area contributed by atoms with Crippen molar-refractivity contribution in [3.63, 3.8) is 0 Å². The molecule has 0 aliphatic carbocycles. The molecule has 1 fully saturated rings. The Bertz CT molecular complexity index is 1140. The van der Waals surface area contributed by atoms with Gasteiger partial charge in [0.2, 0.25) is 0 Å². The standard InChI is InChI=1S/C23H21Cl3N4O2/c24-15-3-1-14(2-4-15)20-19-21(28-27-20)23(31)30(8-7-29-9-11-32-12-10-29)22(19)17-6-5-16(25)13-18(17)26/h1-6,13,22H,7-12H2,(H,27,28). The summed E-state index contributed by atoms with van der Waals surface area (Å²) < 4.78 is 5.45. The summed E-state index contributed by atoms with van der Waals surface area (Å²) in [6.45, 7) is 4.46. The smallest absolute Gasteiger partial charge is 0.273 e. The zero-order chi connectivity index (χ0) is 22.2. The first-order chi connectivity index (χ1) is 15.5. The molecule has 0 radical (unpaired) electrons. The summed E-state index contributed by atoms with van der Waals surface area (Å²) in [5.41, 5.74) is 3.73. The number of morpholine rings is 1. The van der Waals surface area contributed by atoms with E-state index in [-0.39, 0.29) is 11.9 Å². The molecule has 9 heteroatoms. The Morgan fingerprint density at radius 2 is 1.72 bits per heavy atom. The summed E-state index contributed by atoms with van der Waals surface area (Å²) in [4.78, 5) is 17.6. The molecular weight excluding hydrogens is 471 g/mol. The first-order valence-corrected chi connectivity index (χ1v) is 11.6. The molecule has 0 spiro atoms. The van der Waals surface area contributed by atoms with E-state index in [4.69, 9.17) is 39.5 Å². The molecule has 3 aromatic rings. The summed E-state index contributed by atoms with van der Waals surface area (Å²) in [6.07, 6.45) is 0. The normalized spacial score (nSPS) is 18.9. The van der Waals surface area contributed by atoms with Crippen LogP contribution in [0.3, 0.4) is 0 Å². The van der Waals surface area contributed by atoms with Crippen molar-refractivity contribution in [2.24, 2.45) is 0 Å². The largest absolute Gasteiger partial charge is 0.379 e. The van der Waals surface area contributed by atoms with Crippen molar-refractivity contribution in [1.82, 2.24) is 20.0 Å². The van der Waals surface area contributed by atoms with Gasteiger partial charge in [0.15, 0.2) is 0 Å². The van der Waals surface area contributed by atoms with Crippen molar-refractivity contribution < 1.29 is 9.53 Å². The van der Waals surface area contributed by atoms with Gasteiger partial charge in [0.05, 0.1) is 24.9 Å². The molecule has 0 saturated carbocycles. The number of H-pyrrole nitrogens is 1. The van der Waals surface area contributed by atoms with E-state index in [1.807, 2.05) is 35.2 Å². The highest BCUT2D eigenvalue weighted by Gasteiger charge is 2.42. The number of halogens is 3. The van der Waals surface area contributed by atoms with Crippen LogP contribution < -0.4 is 0 Å². The molecule has 32 heavy (non-hydrogen) atoms. The molecule has 1 N–H and O–H groups in total. The van der Waals surface area contributed by atoms with E-state index in [2.05, 4.69) is 15.1 Å². The van der Waals surface area contributed by atoms with E-state index in [0.717, 1.165) is 42.0 Å². The van der Waals surface area contributed by atoms with Crippen LogP contribution in [0.5, 0.6) is 0 Å². The number of nitrogens with zero attached hydrogens (tertiary/aromatic N) is 3. The van der Waals surface area contributed by atoms with Crippen LogP contribution in [-0.4, -0.2) is 65.3 Å². The molecule has 6 nitrogen and oxygen atoms in total. The lowest BCUT2D eigenvalue weighted by molar-refractivity contribution is 0.0316. The number of amides is 1. The lowest BCUT2D eigenvalue weighted by Crippen LogP contribution is -2.42. The van der Waals surface area contributed by atoms with Crippen LogP contribution in [0.15, 0.2) is 42.5 Å². The van der Waals surface area contributed by atoms with Crippen molar-refractivity contribution in [2.75, 3.05) is 39.4 Å². The summed E-state index contributed by atoms with van der Waals surface area (Å²) in [7, 11) is 0. The van der Waals surface area contributed by atoms with Gasteiger partial charge < -0.3 is 9.64 Å². The topological polar surface area (TPSA) is 61.5 Å². The van der Waals surface area contributed by atoms with Crippen molar-refractivity contribution in [3.8, 4) is 11.3 Å². The minimum Gasteiger partial charge on any atom is -0.379 e. The van der Waals surface area contributed by atoms with E-state index in [1.165, 1.54) is 0 Å². The van der Waals surface area contributed by atoms with Crippen molar-refractivity contribution >= 4 is 40.7 Å². The van der Waals surface area contributed by atoms with Crippen LogP contribution in [0.25, 0.3) is 11.3 Å². The molecule has 1 amide bonds. The molecule has 0 bridgehead atoms. The van der Waals surface area contributed by atoms with E-state index < -0.39 is 0 Å². The van der Waals surface area contributed by atoms with E-state index in [0.29, 0.717) is 40.5 Å². The highest BCUT2D eigenvalue weighted by atomic mass is 35.5. The maximum atomic E-state index is 13.5. The number of ether oxygens (including phenoxy) is 1. The fourth-order valence-corrected chi connectivity index (χ4v) is 5.01. The van der Waals surface area contributed by atoms with Crippen molar-refractivity contribution in [2.45, 2.75) is 6.04 Å². The lowest BCUT2D eigenvalue weighted by Gasteiger charge is -2.31. The van der Waals surface area contributed by atoms with Gasteiger partial charge in [-0.1, -0.05) is 53.0 Å². The lowest BCUT2D eigenvalue weighted by atomic mass is 9.96. The third-order valence-corrected chi connectivity index (χ3v) is 6.81. The second-order valence-corrected chi connectivity index (χ2v) is 9.17. The summed E-state index contributed by atoms with van der Waals surface area (Å²) in [5.74, 6) is -0.0861. The van der Waals surface area contributed by atoms with Gasteiger partial charge in [0, 0.05) is 52.4 Å². The maximum Gasteiger partial charge on any atom is 0.273 e. The highest BCUT2D eigenvalue weighted by molar-refractivity contribution is 6.35. The number of carbonyl (C=O) groups is 1. The molecule has 5 rings (SSSR count). The van der Waals surface area contributed by atoms with Gasteiger partial charge in [-0.3, -0.25) is 14.8 Å². The SMILES string of the molecule is O=C1c2[nH]nc(-c3ccc(Cl)cc3)c2C(c2ccc(Cl)cc2Cl)N1CCN1CCOCC1. The van der Waals surface area contributed by atoms with E-state index >= 15 is 0 Å². The zero-order valence-corrected chi connectivity index (χ0v) is 19.4. The number of rotatable bonds is 5. The fourth-order valence-electron chi connectivity index (χ4n) is 4.38. The van der Waals surface area contributed by atoms with Crippen LogP contribution in [0.2, 0.25) is 15.1 Å². The number of aromatic nitrogens is 2. The second kappa shape index (κ2) is 9.04. The molecule has 2 aliphatic rings. The number of hydrogen-bond acceptors (Lipinski definition) is 4. The zero-order valence-electron chi connectivity index (χ0n) is 17.2. The maximum absolute atomic E-state index is 13.5. The van der Waals surface area contributed by atoms with Gasteiger partial charge in [-0.05, 0) is 29.8 Å². The van der Waals surface area contributed by atoms with E-state index in [1.54, 1.807) is 12.1 Å². The fraction of sp³-hybridized carbons (Fsp3) is 0.304. The predicted octanol–water partition coefficient (Wildman–Crippen LogP) is 4.91. The Morgan fingerprint density at radius 1 is 1.00 bits per heavy atom. The number of benzene rings is 2. The summed E-state index contributed by atoms with van der Waals surface area (Å²) in [6, 6.07) is 12.5. The molecule has 1 aromatic heterocycles. The van der Waals surface area contributed by atoms with Crippen LogP contribution in [0.4, 0.5) is 0 Å². The average molecular weight is 492 g/mol. The quantitative estimate of drug-likeness (QED) is 0.551. The van der Waals surface area contributed by atoms with Crippen LogP contribution in [0.1, 0.15) is 27.7 Å².